The zero-order chi connectivity index (χ0) is 11.8. The molecule has 3 heteroatoms. The molecule has 2 aliphatic rings. The molecule has 0 aromatic rings. The van der Waals surface area contributed by atoms with Gasteiger partial charge in [0.05, 0.1) is 0 Å². The lowest BCUT2D eigenvalue weighted by atomic mass is 9.85. The lowest BCUT2D eigenvalue weighted by Crippen LogP contribution is -2.42. The van der Waals surface area contributed by atoms with Crippen LogP contribution in [0.1, 0.15) is 46.0 Å². The van der Waals surface area contributed by atoms with Crippen LogP contribution in [-0.2, 0) is 4.79 Å². The van der Waals surface area contributed by atoms with E-state index >= 15 is 0 Å². The van der Waals surface area contributed by atoms with E-state index in [1.54, 1.807) is 0 Å². The van der Waals surface area contributed by atoms with Crippen LogP contribution < -0.4 is 5.73 Å². The topological polar surface area (TPSA) is 46.3 Å². The lowest BCUT2D eigenvalue weighted by Gasteiger charge is -2.25. The maximum absolute atomic E-state index is 12.0. The fourth-order valence-corrected chi connectivity index (χ4v) is 2.41. The molecule has 2 N–H and O–H groups in total. The molecular formula is C13H24N2O. The molecule has 3 nitrogen and oxygen atoms in total. The second kappa shape index (κ2) is 4.36. The van der Waals surface area contributed by atoms with Gasteiger partial charge in [0.15, 0.2) is 0 Å². The molecular weight excluding hydrogens is 200 g/mol. The summed E-state index contributed by atoms with van der Waals surface area (Å²) in [6, 6.07) is 0.213. The molecule has 0 aromatic carbocycles. The van der Waals surface area contributed by atoms with Crippen LogP contribution in [0.15, 0.2) is 0 Å². The molecule has 92 valence electrons. The van der Waals surface area contributed by atoms with Gasteiger partial charge in [0, 0.05) is 25.6 Å². The molecule has 1 saturated heterocycles. The van der Waals surface area contributed by atoms with Gasteiger partial charge in [-0.25, -0.2) is 0 Å². The fraction of sp³-hybridized carbons (Fsp3) is 0.923. The molecule has 1 heterocycles. The molecule has 0 radical (unpaired) electrons. The molecule has 0 spiro atoms. The monoisotopic (exact) mass is 224 g/mol. The highest BCUT2D eigenvalue weighted by Crippen LogP contribution is 2.33. The zero-order valence-electron chi connectivity index (χ0n) is 10.5. The van der Waals surface area contributed by atoms with Gasteiger partial charge < -0.3 is 10.6 Å². The number of carbonyl (C=O) groups excluding carboxylic acids is 1. The predicted molar refractivity (Wildman–Crippen MR) is 64.9 cm³/mol. The summed E-state index contributed by atoms with van der Waals surface area (Å²) in [6.07, 6.45) is 5.34. The van der Waals surface area contributed by atoms with E-state index < -0.39 is 0 Å². The first kappa shape index (κ1) is 11.9. The van der Waals surface area contributed by atoms with Crippen molar-refractivity contribution in [3.8, 4) is 0 Å². The Kier molecular flexibility index (Phi) is 3.24. The first-order chi connectivity index (χ1) is 7.48. The number of amides is 1. The highest BCUT2D eigenvalue weighted by atomic mass is 16.2. The third-order valence-corrected chi connectivity index (χ3v) is 4.09. The minimum Gasteiger partial charge on any atom is -0.341 e. The van der Waals surface area contributed by atoms with E-state index in [-0.39, 0.29) is 6.04 Å². The van der Waals surface area contributed by atoms with Crippen LogP contribution in [0.2, 0.25) is 0 Å². The second-order valence-corrected chi connectivity index (χ2v) is 6.26. The minimum atomic E-state index is 0.213. The van der Waals surface area contributed by atoms with Crippen molar-refractivity contribution in [1.82, 2.24) is 4.90 Å². The Morgan fingerprint density at radius 3 is 2.75 bits per heavy atom. The molecule has 1 aliphatic carbocycles. The summed E-state index contributed by atoms with van der Waals surface area (Å²) in [5.74, 6) is 0.991. The summed E-state index contributed by atoms with van der Waals surface area (Å²) in [5.41, 5.74) is 6.41. The van der Waals surface area contributed by atoms with Gasteiger partial charge in [-0.2, -0.15) is 0 Å². The predicted octanol–water partition coefficient (Wildman–Crippen LogP) is 1.76. The highest BCUT2D eigenvalue weighted by Gasteiger charge is 2.33. The summed E-state index contributed by atoms with van der Waals surface area (Å²) >= 11 is 0. The van der Waals surface area contributed by atoms with E-state index in [9.17, 15) is 4.79 Å². The molecule has 1 saturated carbocycles. The van der Waals surface area contributed by atoms with Crippen LogP contribution in [0.4, 0.5) is 0 Å². The van der Waals surface area contributed by atoms with Gasteiger partial charge >= 0.3 is 0 Å². The summed E-state index contributed by atoms with van der Waals surface area (Å²) in [6.45, 7) is 6.18. The first-order valence-electron chi connectivity index (χ1n) is 6.51. The molecule has 1 atom stereocenters. The van der Waals surface area contributed by atoms with E-state index in [0.29, 0.717) is 23.7 Å². The fourth-order valence-electron chi connectivity index (χ4n) is 2.41. The summed E-state index contributed by atoms with van der Waals surface area (Å²) in [5, 5.41) is 0. The van der Waals surface area contributed by atoms with Gasteiger partial charge in [0.2, 0.25) is 5.91 Å². The first-order valence-corrected chi connectivity index (χ1v) is 6.51. The van der Waals surface area contributed by atoms with Gasteiger partial charge in [0.1, 0.15) is 0 Å². The number of carbonyl (C=O) groups is 1. The van der Waals surface area contributed by atoms with Gasteiger partial charge in [-0.05, 0) is 37.0 Å². The standard InChI is InChI=1S/C13H24N2O/c1-13(2)6-5-12(16)15(8-7-13)9-11(14)10-3-4-10/h10-11H,3-9,14H2,1-2H3. The maximum atomic E-state index is 12.0. The summed E-state index contributed by atoms with van der Waals surface area (Å²) in [7, 11) is 0. The Morgan fingerprint density at radius 1 is 1.44 bits per heavy atom. The molecule has 1 unspecified atom stereocenters. The number of nitrogens with zero attached hydrogens (tertiary/aromatic N) is 1. The Morgan fingerprint density at radius 2 is 2.12 bits per heavy atom. The van der Waals surface area contributed by atoms with Crippen molar-refractivity contribution >= 4 is 5.91 Å². The molecule has 1 aliphatic heterocycles. The van der Waals surface area contributed by atoms with Crippen LogP contribution in [0.25, 0.3) is 0 Å². The number of hydrogen-bond donors (Lipinski definition) is 1. The minimum absolute atomic E-state index is 0.213. The van der Waals surface area contributed by atoms with Crippen molar-refractivity contribution < 1.29 is 4.79 Å². The van der Waals surface area contributed by atoms with Gasteiger partial charge in [-0.3, -0.25) is 4.79 Å². The van der Waals surface area contributed by atoms with E-state index in [0.717, 1.165) is 25.9 Å². The molecule has 0 aromatic heterocycles. The number of nitrogens with two attached hydrogens (primary N) is 1. The van der Waals surface area contributed by atoms with E-state index in [4.69, 9.17) is 5.73 Å². The number of hydrogen-bond acceptors (Lipinski definition) is 2. The van der Waals surface area contributed by atoms with Gasteiger partial charge in [0.25, 0.3) is 0 Å². The Bertz CT molecular complexity index is 271. The quantitative estimate of drug-likeness (QED) is 0.794. The number of rotatable bonds is 3. The van der Waals surface area contributed by atoms with Gasteiger partial charge in [-0.1, -0.05) is 13.8 Å². The van der Waals surface area contributed by atoms with Crippen LogP contribution >= 0.6 is 0 Å². The van der Waals surface area contributed by atoms with Crippen LogP contribution in [0.5, 0.6) is 0 Å². The molecule has 16 heavy (non-hydrogen) atoms. The second-order valence-electron chi connectivity index (χ2n) is 6.26. The molecule has 2 fully saturated rings. The zero-order valence-corrected chi connectivity index (χ0v) is 10.5. The van der Waals surface area contributed by atoms with E-state index in [2.05, 4.69) is 13.8 Å². The summed E-state index contributed by atoms with van der Waals surface area (Å²) < 4.78 is 0. The SMILES string of the molecule is CC1(C)CCC(=O)N(CC(N)C2CC2)CC1. The lowest BCUT2D eigenvalue weighted by molar-refractivity contribution is -0.131. The Balaban J connectivity index is 1.90. The average Bonchev–Trinajstić information content (AvgIpc) is 3.03. The van der Waals surface area contributed by atoms with Crippen molar-refractivity contribution in [3.63, 3.8) is 0 Å². The van der Waals surface area contributed by atoms with Crippen LogP contribution in [0, 0.1) is 11.3 Å². The normalized spacial score (nSPS) is 27.7. The largest absolute Gasteiger partial charge is 0.341 e. The van der Waals surface area contributed by atoms with E-state index in [1.807, 2.05) is 4.90 Å². The Labute approximate surface area is 98.4 Å². The summed E-state index contributed by atoms with van der Waals surface area (Å²) in [4.78, 5) is 13.9. The van der Waals surface area contributed by atoms with Gasteiger partial charge in [-0.15, -0.1) is 0 Å². The smallest absolute Gasteiger partial charge is 0.222 e. The van der Waals surface area contributed by atoms with Crippen molar-refractivity contribution in [2.75, 3.05) is 13.1 Å². The average molecular weight is 224 g/mol. The molecule has 1 amide bonds. The maximum Gasteiger partial charge on any atom is 0.222 e. The molecule has 0 bridgehead atoms. The van der Waals surface area contributed by atoms with Crippen molar-refractivity contribution in [2.45, 2.75) is 52.0 Å². The highest BCUT2D eigenvalue weighted by molar-refractivity contribution is 5.76. The van der Waals surface area contributed by atoms with Crippen LogP contribution in [-0.4, -0.2) is 29.9 Å². The van der Waals surface area contributed by atoms with Crippen LogP contribution in [0.3, 0.4) is 0 Å². The molecule has 2 rings (SSSR count). The van der Waals surface area contributed by atoms with Crippen molar-refractivity contribution in [2.24, 2.45) is 17.1 Å². The Hall–Kier alpha value is -0.570. The third-order valence-electron chi connectivity index (χ3n) is 4.09. The third kappa shape index (κ3) is 2.97. The number of likely N-dealkylation sites (tertiary alicyclic amines) is 1. The van der Waals surface area contributed by atoms with E-state index in [1.165, 1.54) is 12.8 Å². The van der Waals surface area contributed by atoms with Crippen molar-refractivity contribution in [1.29, 1.82) is 0 Å². The van der Waals surface area contributed by atoms with Crippen molar-refractivity contribution in [3.05, 3.63) is 0 Å².